The molecule has 0 fully saturated rings. The van der Waals surface area contributed by atoms with Crippen LogP contribution in [0.4, 0.5) is 15.2 Å². The van der Waals surface area contributed by atoms with Gasteiger partial charge in [0, 0.05) is 37.3 Å². The van der Waals surface area contributed by atoms with E-state index in [1.54, 1.807) is 7.05 Å². The molecule has 0 amide bonds. The Morgan fingerprint density at radius 2 is 2.18 bits per heavy atom. The zero-order valence-electron chi connectivity index (χ0n) is 18.7. The quantitative estimate of drug-likeness (QED) is 0.429. The fraction of sp³-hybridized carbons (Fsp3) is 0.261. The van der Waals surface area contributed by atoms with Gasteiger partial charge in [-0.1, -0.05) is 30.3 Å². The van der Waals surface area contributed by atoms with Gasteiger partial charge in [-0.05, 0) is 36.6 Å². The number of nitrogens with zero attached hydrogens (tertiary/aromatic N) is 3. The number of aromatic nitrogens is 2. The molecule has 2 heterocycles. The Balaban J connectivity index is 1.67. The molecule has 178 valence electrons. The Morgan fingerprint density at radius 1 is 1.35 bits per heavy atom. The zero-order valence-corrected chi connectivity index (χ0v) is 20.3. The van der Waals surface area contributed by atoms with E-state index in [4.69, 9.17) is 4.74 Å². The second-order valence-corrected chi connectivity index (χ2v) is 9.61. The number of hydrogen-bond donors (Lipinski definition) is 2. The van der Waals surface area contributed by atoms with Crippen LogP contribution in [0.25, 0.3) is 5.57 Å². The lowest BCUT2D eigenvalue weighted by molar-refractivity contribution is -0.120. The number of rotatable bonds is 9. The van der Waals surface area contributed by atoms with E-state index in [1.165, 1.54) is 24.0 Å². The molecule has 11 heteroatoms. The minimum atomic E-state index is -1.96. The van der Waals surface area contributed by atoms with Gasteiger partial charge < -0.3 is 15.0 Å². The van der Waals surface area contributed by atoms with Gasteiger partial charge in [0.15, 0.2) is 16.7 Å². The zero-order chi connectivity index (χ0) is 24.1. The Labute approximate surface area is 203 Å². The van der Waals surface area contributed by atoms with Crippen LogP contribution in [-0.2, 0) is 15.8 Å². The highest BCUT2D eigenvalue weighted by Gasteiger charge is 2.24. The minimum Gasteiger partial charge on any atom is -0.426 e. The third-order valence-electron chi connectivity index (χ3n) is 5.67. The monoisotopic (exact) mass is 501 g/mol. The molecule has 0 spiro atoms. The van der Waals surface area contributed by atoms with E-state index in [2.05, 4.69) is 31.5 Å². The number of ether oxygens (including phenoxy) is 1. The molecular weight excluding hydrogens is 477 g/mol. The van der Waals surface area contributed by atoms with Crippen molar-refractivity contribution in [3.8, 4) is 5.75 Å². The molecule has 1 aliphatic rings. The topological polar surface area (TPSA) is 96.5 Å². The van der Waals surface area contributed by atoms with E-state index in [0.29, 0.717) is 5.69 Å². The number of anilines is 2. The van der Waals surface area contributed by atoms with Crippen LogP contribution in [0, 0.1) is 5.82 Å². The van der Waals surface area contributed by atoms with Crippen molar-refractivity contribution in [2.75, 3.05) is 29.8 Å². The van der Waals surface area contributed by atoms with Gasteiger partial charge in [0.2, 0.25) is 5.13 Å². The van der Waals surface area contributed by atoms with Crippen LogP contribution in [0.1, 0.15) is 30.5 Å². The van der Waals surface area contributed by atoms with Crippen molar-refractivity contribution < 1.29 is 18.1 Å². The molecule has 1 aliphatic heterocycles. The largest absolute Gasteiger partial charge is 0.426 e. The van der Waals surface area contributed by atoms with E-state index in [0.717, 1.165) is 42.2 Å². The first-order valence-corrected chi connectivity index (χ1v) is 12.5. The number of benzene rings is 2. The van der Waals surface area contributed by atoms with Gasteiger partial charge in [0.25, 0.3) is 6.47 Å². The maximum atomic E-state index is 15.1. The van der Waals surface area contributed by atoms with Crippen LogP contribution in [0.15, 0.2) is 53.7 Å². The number of halogens is 1. The van der Waals surface area contributed by atoms with Crippen LogP contribution >= 0.6 is 11.5 Å². The van der Waals surface area contributed by atoms with Crippen molar-refractivity contribution in [3.63, 3.8) is 0 Å². The van der Waals surface area contributed by atoms with E-state index in [-0.39, 0.29) is 28.3 Å². The van der Waals surface area contributed by atoms with Gasteiger partial charge in [0.05, 0.1) is 16.6 Å². The summed E-state index contributed by atoms with van der Waals surface area (Å²) < 4.78 is 39.4. The summed E-state index contributed by atoms with van der Waals surface area (Å²) in [7, 11) is -0.156. The average Bonchev–Trinajstić information content (AvgIpc) is 3.37. The first-order valence-electron chi connectivity index (χ1n) is 10.6. The van der Waals surface area contributed by atoms with Gasteiger partial charge in [-0.2, -0.15) is 4.37 Å². The fourth-order valence-corrected chi connectivity index (χ4v) is 5.30. The first kappa shape index (κ1) is 24.0. The lowest BCUT2D eigenvalue weighted by atomic mass is 9.93. The van der Waals surface area contributed by atoms with Gasteiger partial charge in [-0.15, -0.1) is 0 Å². The lowest BCUT2D eigenvalue weighted by Gasteiger charge is -2.31. The van der Waals surface area contributed by atoms with Crippen LogP contribution in [-0.4, -0.2) is 40.2 Å². The summed E-state index contributed by atoms with van der Waals surface area (Å²) in [5.41, 5.74) is 3.75. The molecule has 1 aromatic heterocycles. The molecule has 0 saturated carbocycles. The van der Waals surface area contributed by atoms with Crippen LogP contribution in [0.3, 0.4) is 0 Å². The van der Waals surface area contributed by atoms with Gasteiger partial charge in [0.1, 0.15) is 12.1 Å². The Kier molecular flexibility index (Phi) is 7.66. The third kappa shape index (κ3) is 5.16. The number of hydrogen-bond acceptors (Lipinski definition) is 8. The third-order valence-corrected chi connectivity index (χ3v) is 7.48. The summed E-state index contributed by atoms with van der Waals surface area (Å²) in [6.45, 7) is 4.01. The summed E-state index contributed by atoms with van der Waals surface area (Å²) >= 11 is 0.996. The summed E-state index contributed by atoms with van der Waals surface area (Å²) in [5.74, 6) is -0.598. The predicted molar refractivity (Wildman–Crippen MR) is 132 cm³/mol. The smallest absolute Gasteiger partial charge is 0.298 e. The molecule has 4 rings (SSSR count). The molecular formula is C23H24FN5O3S2. The summed E-state index contributed by atoms with van der Waals surface area (Å²) in [6.07, 6.45) is 4.50. The second-order valence-electron chi connectivity index (χ2n) is 7.65. The number of carbonyl (C=O) groups excluding carboxylic acids is 1. The molecule has 8 nitrogen and oxygen atoms in total. The van der Waals surface area contributed by atoms with Crippen LogP contribution in [0.5, 0.6) is 5.75 Å². The number of nitrogens with one attached hydrogen (secondary N) is 2. The highest BCUT2D eigenvalue weighted by atomic mass is 32.2. The van der Waals surface area contributed by atoms with Gasteiger partial charge in [-0.3, -0.25) is 9.52 Å². The fourth-order valence-electron chi connectivity index (χ4n) is 3.86. The molecule has 0 saturated heterocycles. The van der Waals surface area contributed by atoms with Crippen molar-refractivity contribution in [3.05, 3.63) is 65.7 Å². The standard InChI is InChI=1S/C23H24FN5O3S2/c1-15(17-7-3-4-8-18(17)16-6-5-9-25-12-16)29(2)20-10-19(24)22(11-21(20)32-14-30)34(31)28-23-26-13-27-33-23/h3-4,6-8,10-11,13-15,25H,5,9,12H2,1-2H3,(H,26,27,28)/t15-,34?/m1/s1. The SMILES string of the molecule is C[C@H](c1ccccc1C1=CCCNC1)N(C)c1cc(F)c(S(=O)Nc2ncns2)cc1OC=O. The van der Waals surface area contributed by atoms with Crippen molar-refractivity contribution in [1.29, 1.82) is 0 Å². The first-order chi connectivity index (χ1) is 16.5. The number of carbonyl (C=O) groups is 1. The molecule has 2 aromatic carbocycles. The van der Waals surface area contributed by atoms with E-state index in [9.17, 15) is 9.00 Å². The van der Waals surface area contributed by atoms with Gasteiger partial charge in [-0.25, -0.2) is 13.6 Å². The Hall–Kier alpha value is -3.15. The highest BCUT2D eigenvalue weighted by molar-refractivity contribution is 7.86. The Morgan fingerprint density at radius 3 is 2.88 bits per heavy atom. The van der Waals surface area contributed by atoms with E-state index >= 15 is 4.39 Å². The highest BCUT2D eigenvalue weighted by Crippen LogP contribution is 2.38. The van der Waals surface area contributed by atoms with Crippen LogP contribution in [0.2, 0.25) is 0 Å². The molecule has 0 radical (unpaired) electrons. The second kappa shape index (κ2) is 10.9. The van der Waals surface area contributed by atoms with Crippen molar-refractivity contribution >= 4 is 45.4 Å². The molecule has 2 atom stereocenters. The predicted octanol–water partition coefficient (Wildman–Crippen LogP) is 3.92. The van der Waals surface area contributed by atoms with Crippen molar-refractivity contribution in [2.24, 2.45) is 0 Å². The maximum Gasteiger partial charge on any atom is 0.298 e. The van der Waals surface area contributed by atoms with E-state index < -0.39 is 16.8 Å². The van der Waals surface area contributed by atoms with Crippen molar-refractivity contribution in [1.82, 2.24) is 14.7 Å². The maximum absolute atomic E-state index is 15.1. The Bertz CT molecular complexity index is 1220. The summed E-state index contributed by atoms with van der Waals surface area (Å²) in [5, 5.41) is 3.68. The molecule has 0 aliphatic carbocycles. The lowest BCUT2D eigenvalue weighted by Crippen LogP contribution is -2.26. The normalized spacial score (nSPS) is 15.2. The molecule has 0 bridgehead atoms. The molecule has 2 N–H and O–H groups in total. The average molecular weight is 502 g/mol. The van der Waals surface area contributed by atoms with E-state index in [1.807, 2.05) is 30.0 Å². The van der Waals surface area contributed by atoms with Crippen LogP contribution < -0.4 is 19.7 Å². The summed E-state index contributed by atoms with van der Waals surface area (Å²) in [6, 6.07) is 10.4. The van der Waals surface area contributed by atoms with Crippen molar-refractivity contribution in [2.45, 2.75) is 24.3 Å². The van der Waals surface area contributed by atoms with Gasteiger partial charge >= 0.3 is 0 Å². The molecule has 3 aromatic rings. The summed E-state index contributed by atoms with van der Waals surface area (Å²) in [4.78, 5) is 16.8. The minimum absolute atomic E-state index is 0.101. The molecule has 34 heavy (non-hydrogen) atoms. The molecule has 1 unspecified atom stereocenters.